The highest BCUT2D eigenvalue weighted by molar-refractivity contribution is 4.48. The molecule has 0 aromatic rings. The van der Waals surface area contributed by atoms with Gasteiger partial charge in [-0.15, -0.1) is 0 Å². The minimum absolute atomic E-state index is 0.404. The second-order valence-electron chi connectivity index (χ2n) is 4.14. The number of hydrogen-bond acceptors (Lipinski definition) is 3. The molecule has 3 nitrogen and oxygen atoms in total. The predicted octanol–water partition coefficient (Wildman–Crippen LogP) is 2.70. The van der Waals surface area contributed by atoms with Crippen molar-refractivity contribution >= 4 is 0 Å². The third-order valence-electron chi connectivity index (χ3n) is 2.27. The highest BCUT2D eigenvalue weighted by atomic mass is 16.7. The molecule has 92 valence electrons. The first-order valence-electron chi connectivity index (χ1n) is 5.93. The van der Waals surface area contributed by atoms with Crippen molar-refractivity contribution in [1.82, 2.24) is 0 Å². The van der Waals surface area contributed by atoms with Gasteiger partial charge in [-0.25, -0.2) is 0 Å². The van der Waals surface area contributed by atoms with Crippen LogP contribution in [0.25, 0.3) is 0 Å². The summed E-state index contributed by atoms with van der Waals surface area (Å²) in [6.07, 6.45) is 1.15. The van der Waals surface area contributed by atoms with Crippen LogP contribution in [0.4, 0.5) is 0 Å². The van der Waals surface area contributed by atoms with Crippen molar-refractivity contribution in [2.45, 2.75) is 34.1 Å². The first-order chi connectivity index (χ1) is 7.20. The maximum absolute atomic E-state index is 5.39. The molecule has 0 aromatic carbocycles. The van der Waals surface area contributed by atoms with Gasteiger partial charge in [-0.1, -0.05) is 27.2 Å². The average molecular weight is 218 g/mol. The molecule has 2 unspecified atom stereocenters. The van der Waals surface area contributed by atoms with Gasteiger partial charge < -0.3 is 14.2 Å². The number of hydrogen-bond donors (Lipinski definition) is 0. The molecule has 0 fully saturated rings. The molecule has 0 saturated carbocycles. The Morgan fingerprint density at radius 3 is 1.87 bits per heavy atom. The van der Waals surface area contributed by atoms with Gasteiger partial charge in [0.2, 0.25) is 0 Å². The smallest absolute Gasteiger partial charge is 0.146 e. The monoisotopic (exact) mass is 218 g/mol. The zero-order valence-electron chi connectivity index (χ0n) is 10.6. The van der Waals surface area contributed by atoms with E-state index in [-0.39, 0.29) is 0 Å². The van der Waals surface area contributed by atoms with Crippen molar-refractivity contribution < 1.29 is 14.2 Å². The molecule has 0 heterocycles. The topological polar surface area (TPSA) is 27.7 Å². The highest BCUT2D eigenvalue weighted by Gasteiger charge is 2.02. The van der Waals surface area contributed by atoms with Crippen LogP contribution in [0.5, 0.6) is 0 Å². The summed E-state index contributed by atoms with van der Waals surface area (Å²) in [6.45, 7) is 11.9. The normalized spacial score (nSPS) is 15.2. The van der Waals surface area contributed by atoms with Gasteiger partial charge >= 0.3 is 0 Å². The molecule has 0 spiro atoms. The van der Waals surface area contributed by atoms with Crippen molar-refractivity contribution in [3.05, 3.63) is 0 Å². The molecule has 0 aromatic heterocycles. The van der Waals surface area contributed by atoms with Crippen molar-refractivity contribution in [1.29, 1.82) is 0 Å². The summed E-state index contributed by atoms with van der Waals surface area (Å²) >= 11 is 0. The van der Waals surface area contributed by atoms with Gasteiger partial charge in [-0.3, -0.25) is 0 Å². The minimum atomic E-state index is 0.404. The Labute approximate surface area is 94.1 Å². The zero-order chi connectivity index (χ0) is 11.5. The standard InChI is InChI=1S/C12H26O3/c1-5-11(3)7-14-10-15-9-12(4)8-13-6-2/h11-12H,5-10H2,1-4H3. The zero-order valence-corrected chi connectivity index (χ0v) is 10.6. The van der Waals surface area contributed by atoms with Crippen molar-refractivity contribution in [3.8, 4) is 0 Å². The van der Waals surface area contributed by atoms with Crippen LogP contribution in [0.3, 0.4) is 0 Å². The molecular formula is C12H26O3. The van der Waals surface area contributed by atoms with Crippen molar-refractivity contribution in [2.24, 2.45) is 11.8 Å². The second kappa shape index (κ2) is 10.4. The lowest BCUT2D eigenvalue weighted by atomic mass is 10.1. The third kappa shape index (κ3) is 10.2. The maximum Gasteiger partial charge on any atom is 0.146 e. The van der Waals surface area contributed by atoms with Crippen LogP contribution in [0.2, 0.25) is 0 Å². The molecule has 15 heavy (non-hydrogen) atoms. The molecule has 0 saturated heterocycles. The van der Waals surface area contributed by atoms with Crippen LogP contribution in [-0.2, 0) is 14.2 Å². The summed E-state index contributed by atoms with van der Waals surface area (Å²) in [7, 11) is 0. The SMILES string of the molecule is CCOCC(C)COCOCC(C)CC. The summed E-state index contributed by atoms with van der Waals surface area (Å²) in [5, 5.41) is 0. The van der Waals surface area contributed by atoms with E-state index in [1.807, 2.05) is 6.92 Å². The molecular weight excluding hydrogens is 192 g/mol. The lowest BCUT2D eigenvalue weighted by Crippen LogP contribution is -2.15. The molecule has 0 amide bonds. The molecule has 3 heteroatoms. The fourth-order valence-corrected chi connectivity index (χ4v) is 1.04. The van der Waals surface area contributed by atoms with E-state index in [2.05, 4.69) is 20.8 Å². The Morgan fingerprint density at radius 1 is 0.800 bits per heavy atom. The molecule has 0 radical (unpaired) electrons. The Balaban J connectivity index is 3.16. The molecule has 0 bridgehead atoms. The number of ether oxygens (including phenoxy) is 3. The average Bonchev–Trinajstić information content (AvgIpc) is 2.25. The summed E-state index contributed by atoms with van der Waals surface area (Å²) in [6, 6.07) is 0. The van der Waals surface area contributed by atoms with E-state index >= 15 is 0 Å². The van der Waals surface area contributed by atoms with E-state index in [9.17, 15) is 0 Å². The van der Waals surface area contributed by atoms with E-state index in [4.69, 9.17) is 14.2 Å². The van der Waals surface area contributed by atoms with Gasteiger partial charge in [0.1, 0.15) is 6.79 Å². The predicted molar refractivity (Wildman–Crippen MR) is 61.9 cm³/mol. The van der Waals surface area contributed by atoms with Crippen LogP contribution in [0.1, 0.15) is 34.1 Å². The van der Waals surface area contributed by atoms with Gasteiger partial charge in [-0.2, -0.15) is 0 Å². The van der Waals surface area contributed by atoms with Crippen LogP contribution in [-0.4, -0.2) is 33.2 Å². The molecule has 0 rings (SSSR count). The first kappa shape index (κ1) is 14.9. The summed E-state index contributed by atoms with van der Waals surface area (Å²) in [5.41, 5.74) is 0. The Kier molecular flexibility index (Phi) is 10.3. The Hall–Kier alpha value is -0.120. The van der Waals surface area contributed by atoms with Crippen LogP contribution >= 0.6 is 0 Å². The molecule has 0 aliphatic heterocycles. The molecule has 0 aliphatic rings. The van der Waals surface area contributed by atoms with Crippen LogP contribution in [0.15, 0.2) is 0 Å². The fraction of sp³-hybridized carbons (Fsp3) is 1.00. The van der Waals surface area contributed by atoms with Gasteiger partial charge in [0.05, 0.1) is 19.8 Å². The number of rotatable bonds is 10. The van der Waals surface area contributed by atoms with E-state index < -0.39 is 0 Å². The van der Waals surface area contributed by atoms with Gasteiger partial charge in [-0.05, 0) is 12.8 Å². The van der Waals surface area contributed by atoms with Crippen LogP contribution < -0.4 is 0 Å². The quantitative estimate of drug-likeness (QED) is 0.417. The maximum atomic E-state index is 5.39. The molecule has 2 atom stereocenters. The summed E-state index contributed by atoms with van der Waals surface area (Å²) in [4.78, 5) is 0. The van der Waals surface area contributed by atoms with Crippen molar-refractivity contribution in [3.63, 3.8) is 0 Å². The van der Waals surface area contributed by atoms with Crippen molar-refractivity contribution in [2.75, 3.05) is 33.2 Å². The second-order valence-corrected chi connectivity index (χ2v) is 4.14. The largest absolute Gasteiger partial charge is 0.381 e. The third-order valence-corrected chi connectivity index (χ3v) is 2.27. The minimum Gasteiger partial charge on any atom is -0.381 e. The van der Waals surface area contributed by atoms with E-state index in [1.54, 1.807) is 0 Å². The summed E-state index contributed by atoms with van der Waals surface area (Å²) in [5.74, 6) is 1.06. The van der Waals surface area contributed by atoms with Crippen LogP contribution in [0, 0.1) is 11.8 Å². The fourth-order valence-electron chi connectivity index (χ4n) is 1.04. The Bertz CT molecular complexity index is 128. The van der Waals surface area contributed by atoms with Gasteiger partial charge in [0.15, 0.2) is 0 Å². The molecule has 0 aliphatic carbocycles. The van der Waals surface area contributed by atoms with E-state index in [0.717, 1.165) is 26.2 Å². The molecule has 0 N–H and O–H groups in total. The Morgan fingerprint density at radius 2 is 1.33 bits per heavy atom. The highest BCUT2D eigenvalue weighted by Crippen LogP contribution is 2.01. The first-order valence-corrected chi connectivity index (χ1v) is 5.93. The van der Waals surface area contributed by atoms with E-state index in [0.29, 0.717) is 25.2 Å². The lowest BCUT2D eigenvalue weighted by Gasteiger charge is -2.13. The summed E-state index contributed by atoms with van der Waals surface area (Å²) < 4.78 is 16.1. The lowest BCUT2D eigenvalue weighted by molar-refractivity contribution is -0.0775. The van der Waals surface area contributed by atoms with Gasteiger partial charge in [0, 0.05) is 12.5 Å². The van der Waals surface area contributed by atoms with Gasteiger partial charge in [0.25, 0.3) is 0 Å². The van der Waals surface area contributed by atoms with E-state index in [1.165, 1.54) is 0 Å².